The second kappa shape index (κ2) is 13.4. The van der Waals surface area contributed by atoms with Crippen LogP contribution < -0.4 is 10.6 Å². The van der Waals surface area contributed by atoms with Crippen molar-refractivity contribution in [3.8, 4) is 0 Å². The fourth-order valence-corrected chi connectivity index (χ4v) is 4.93. The normalized spacial score (nSPS) is 12.6. The standard InChI is InChI=1S/C34H34N2O4/c1-25(32(40-26(2)37)33(39)35-24-27-15-7-3-8-16-27)23-31(38)36-34(28-17-9-4-10-18-28,29-19-11-5-12-20-29)30-21-13-6-14-22-30/h3-22,25,32H,23-24H2,1-2H3,(H,35,39)(H,36,38)/t25-,32?/m0/s1. The molecule has 0 saturated carbocycles. The molecule has 0 heterocycles. The number of ether oxygens (including phenoxy) is 1. The van der Waals surface area contributed by atoms with Crippen molar-refractivity contribution in [3.05, 3.63) is 144 Å². The van der Waals surface area contributed by atoms with Crippen LogP contribution in [0.15, 0.2) is 121 Å². The van der Waals surface area contributed by atoms with Gasteiger partial charge in [0.15, 0.2) is 6.10 Å². The highest BCUT2D eigenvalue weighted by atomic mass is 16.5. The molecule has 4 aromatic rings. The largest absolute Gasteiger partial charge is 0.452 e. The number of hydrogen-bond acceptors (Lipinski definition) is 4. The van der Waals surface area contributed by atoms with Crippen molar-refractivity contribution in [1.82, 2.24) is 10.6 Å². The van der Waals surface area contributed by atoms with Gasteiger partial charge in [0.2, 0.25) is 5.91 Å². The fraction of sp³-hybridized carbons (Fsp3) is 0.206. The molecule has 2 atom stereocenters. The van der Waals surface area contributed by atoms with Gasteiger partial charge in [-0.15, -0.1) is 0 Å². The smallest absolute Gasteiger partial charge is 0.303 e. The van der Waals surface area contributed by atoms with E-state index in [0.717, 1.165) is 22.3 Å². The van der Waals surface area contributed by atoms with Gasteiger partial charge in [-0.25, -0.2) is 0 Å². The maximum Gasteiger partial charge on any atom is 0.303 e. The molecule has 204 valence electrons. The first-order valence-corrected chi connectivity index (χ1v) is 13.4. The topological polar surface area (TPSA) is 84.5 Å². The summed E-state index contributed by atoms with van der Waals surface area (Å²) in [7, 11) is 0. The zero-order chi connectivity index (χ0) is 28.4. The Morgan fingerprint density at radius 2 is 1.12 bits per heavy atom. The Kier molecular flexibility index (Phi) is 9.47. The summed E-state index contributed by atoms with van der Waals surface area (Å²) in [5.74, 6) is -1.89. The second-order valence-electron chi connectivity index (χ2n) is 9.81. The van der Waals surface area contributed by atoms with Gasteiger partial charge in [0, 0.05) is 25.8 Å². The van der Waals surface area contributed by atoms with Crippen molar-refractivity contribution in [2.45, 2.75) is 38.5 Å². The molecule has 0 bridgehead atoms. The Hall–Kier alpha value is -4.71. The molecule has 2 amide bonds. The highest BCUT2D eigenvalue weighted by Crippen LogP contribution is 2.37. The van der Waals surface area contributed by atoms with Gasteiger partial charge in [0.05, 0.1) is 0 Å². The van der Waals surface area contributed by atoms with Gasteiger partial charge in [0.1, 0.15) is 5.54 Å². The van der Waals surface area contributed by atoms with Crippen LogP contribution >= 0.6 is 0 Å². The highest BCUT2D eigenvalue weighted by molar-refractivity contribution is 5.85. The van der Waals surface area contributed by atoms with E-state index in [4.69, 9.17) is 4.74 Å². The third kappa shape index (κ3) is 6.83. The minimum Gasteiger partial charge on any atom is -0.452 e. The number of benzene rings is 4. The monoisotopic (exact) mass is 534 g/mol. The molecular formula is C34H34N2O4. The Balaban J connectivity index is 1.61. The fourth-order valence-electron chi connectivity index (χ4n) is 4.93. The lowest BCUT2D eigenvalue weighted by Crippen LogP contribution is -2.49. The van der Waals surface area contributed by atoms with Crippen LogP contribution in [0.4, 0.5) is 0 Å². The van der Waals surface area contributed by atoms with Gasteiger partial charge in [0.25, 0.3) is 5.91 Å². The van der Waals surface area contributed by atoms with Crippen molar-refractivity contribution in [3.63, 3.8) is 0 Å². The summed E-state index contributed by atoms with van der Waals surface area (Å²) in [5, 5.41) is 6.14. The number of carbonyl (C=O) groups is 3. The molecule has 4 rings (SSSR count). The number of esters is 1. The molecule has 2 N–H and O–H groups in total. The van der Waals surface area contributed by atoms with Crippen LogP contribution in [0.1, 0.15) is 42.5 Å². The summed E-state index contributed by atoms with van der Waals surface area (Å²) in [6, 6.07) is 38.9. The van der Waals surface area contributed by atoms with E-state index in [2.05, 4.69) is 10.6 Å². The molecule has 0 fully saturated rings. The molecule has 1 unspecified atom stereocenters. The molecule has 0 saturated heterocycles. The minimum atomic E-state index is -1.12. The van der Waals surface area contributed by atoms with Gasteiger partial charge < -0.3 is 15.4 Å². The Morgan fingerprint density at radius 3 is 1.55 bits per heavy atom. The Morgan fingerprint density at radius 1 is 0.700 bits per heavy atom. The van der Waals surface area contributed by atoms with Crippen LogP contribution in [0.2, 0.25) is 0 Å². The van der Waals surface area contributed by atoms with Gasteiger partial charge in [-0.3, -0.25) is 14.4 Å². The average molecular weight is 535 g/mol. The summed E-state index contributed by atoms with van der Waals surface area (Å²) >= 11 is 0. The predicted molar refractivity (Wildman–Crippen MR) is 155 cm³/mol. The summed E-state index contributed by atoms with van der Waals surface area (Å²) in [6.07, 6.45) is -1.16. The van der Waals surface area contributed by atoms with Gasteiger partial charge in [-0.05, 0) is 22.3 Å². The van der Waals surface area contributed by atoms with Crippen molar-refractivity contribution >= 4 is 17.8 Å². The lowest BCUT2D eigenvalue weighted by Gasteiger charge is -2.37. The number of hydrogen-bond donors (Lipinski definition) is 2. The summed E-state index contributed by atoms with van der Waals surface area (Å²) in [6.45, 7) is 3.29. The molecule has 40 heavy (non-hydrogen) atoms. The van der Waals surface area contributed by atoms with Gasteiger partial charge >= 0.3 is 5.97 Å². The SMILES string of the molecule is CC(=O)OC(C(=O)NCc1ccccc1)[C@@H](C)CC(=O)NC(c1ccccc1)(c1ccccc1)c1ccccc1. The number of rotatable bonds is 11. The molecule has 0 spiro atoms. The highest BCUT2D eigenvalue weighted by Gasteiger charge is 2.39. The van der Waals surface area contributed by atoms with E-state index in [-0.39, 0.29) is 18.9 Å². The lowest BCUT2D eigenvalue weighted by atomic mass is 9.76. The van der Waals surface area contributed by atoms with E-state index in [9.17, 15) is 14.4 Å². The van der Waals surface area contributed by atoms with E-state index in [1.54, 1.807) is 6.92 Å². The van der Waals surface area contributed by atoms with Crippen molar-refractivity contribution in [2.75, 3.05) is 0 Å². The summed E-state index contributed by atoms with van der Waals surface area (Å²) in [5.41, 5.74) is 2.62. The first-order chi connectivity index (χ1) is 19.4. The quantitative estimate of drug-likeness (QED) is 0.200. The Labute approximate surface area is 235 Å². The van der Waals surface area contributed by atoms with Gasteiger partial charge in [-0.1, -0.05) is 128 Å². The van der Waals surface area contributed by atoms with E-state index >= 15 is 0 Å². The van der Waals surface area contributed by atoms with E-state index in [0.29, 0.717) is 0 Å². The summed E-state index contributed by atoms with van der Waals surface area (Å²) in [4.78, 5) is 38.8. The third-order valence-corrected chi connectivity index (χ3v) is 6.83. The van der Waals surface area contributed by atoms with Crippen LogP contribution in [-0.2, 0) is 31.2 Å². The molecular weight excluding hydrogens is 500 g/mol. The molecule has 6 heteroatoms. The molecule has 0 aliphatic heterocycles. The zero-order valence-corrected chi connectivity index (χ0v) is 22.7. The average Bonchev–Trinajstić information content (AvgIpc) is 2.99. The maximum absolute atomic E-state index is 13.8. The first-order valence-electron chi connectivity index (χ1n) is 13.4. The van der Waals surface area contributed by atoms with Crippen molar-refractivity contribution < 1.29 is 19.1 Å². The van der Waals surface area contributed by atoms with Crippen molar-refractivity contribution in [1.29, 1.82) is 0 Å². The van der Waals surface area contributed by atoms with Crippen LogP contribution in [-0.4, -0.2) is 23.9 Å². The second-order valence-corrected chi connectivity index (χ2v) is 9.81. The van der Waals surface area contributed by atoms with Crippen LogP contribution in [0, 0.1) is 5.92 Å². The zero-order valence-electron chi connectivity index (χ0n) is 22.7. The van der Waals surface area contributed by atoms with Gasteiger partial charge in [-0.2, -0.15) is 0 Å². The molecule has 0 aliphatic rings. The molecule has 0 aliphatic carbocycles. The van der Waals surface area contributed by atoms with E-state index in [1.165, 1.54) is 6.92 Å². The van der Waals surface area contributed by atoms with Crippen LogP contribution in [0.5, 0.6) is 0 Å². The molecule has 0 aromatic heterocycles. The number of amides is 2. The maximum atomic E-state index is 13.8. The number of carbonyl (C=O) groups excluding carboxylic acids is 3. The summed E-state index contributed by atoms with van der Waals surface area (Å²) < 4.78 is 5.42. The molecule has 0 radical (unpaired) electrons. The van der Waals surface area contributed by atoms with Crippen LogP contribution in [0.3, 0.4) is 0 Å². The number of nitrogens with one attached hydrogen (secondary N) is 2. The van der Waals surface area contributed by atoms with Crippen molar-refractivity contribution in [2.24, 2.45) is 5.92 Å². The Bertz CT molecular complexity index is 1300. The molecule has 6 nitrogen and oxygen atoms in total. The predicted octanol–water partition coefficient (Wildman–Crippen LogP) is 5.37. The van der Waals surface area contributed by atoms with E-state index < -0.39 is 29.4 Å². The first kappa shape index (κ1) is 28.3. The molecule has 4 aromatic carbocycles. The third-order valence-electron chi connectivity index (χ3n) is 6.83. The van der Waals surface area contributed by atoms with Crippen LogP contribution in [0.25, 0.3) is 0 Å². The van der Waals surface area contributed by atoms with E-state index in [1.807, 2.05) is 121 Å². The minimum absolute atomic E-state index is 0.0368. The lowest BCUT2D eigenvalue weighted by molar-refractivity contribution is -0.157.